The van der Waals surface area contributed by atoms with Gasteiger partial charge in [0.15, 0.2) is 5.65 Å². The Morgan fingerprint density at radius 1 is 1.31 bits per heavy atom. The molecule has 0 aliphatic carbocycles. The molecule has 2 aromatic rings. The molecular weight excluding hydrogens is 220 g/mol. The summed E-state index contributed by atoms with van der Waals surface area (Å²) in [4.78, 5) is 14.2. The van der Waals surface area contributed by atoms with Gasteiger partial charge in [-0.05, 0) is 18.4 Å². The molecule has 4 nitrogen and oxygen atoms in total. The van der Waals surface area contributed by atoms with E-state index in [1.54, 1.807) is 0 Å². The van der Waals surface area contributed by atoms with Crippen LogP contribution in [0.2, 0.25) is 0 Å². The molecule has 0 amide bonds. The predicted octanol–water partition coefficient (Wildman–Crippen LogP) is 1.93. The number of imidazole rings is 1. The lowest BCUT2D eigenvalue weighted by Gasteiger charge is -2.09. The third-order valence-corrected chi connectivity index (χ3v) is 2.99. The molecule has 0 saturated carbocycles. The molecular formula is C11H16N4S. The topological polar surface area (TPSA) is 44.8 Å². The van der Waals surface area contributed by atoms with Gasteiger partial charge in [-0.15, -0.1) is 0 Å². The largest absolute Gasteiger partial charge is 0.363 e. The minimum absolute atomic E-state index is 0.808. The average Bonchev–Trinajstić information content (AvgIpc) is 2.67. The van der Waals surface area contributed by atoms with Crippen molar-refractivity contribution in [1.29, 1.82) is 0 Å². The standard InChI is InChI=1S/C11H16N4S/c1-15(2)10-5-4-8-11(14-10)13-9(12-8)6-7-16-3/h4-5H,6-7H2,1-3H3,(H,12,13,14). The van der Waals surface area contributed by atoms with E-state index in [2.05, 4.69) is 21.2 Å². The molecule has 0 unspecified atom stereocenters. The number of nitrogens with one attached hydrogen (secondary N) is 1. The van der Waals surface area contributed by atoms with Crippen molar-refractivity contribution in [3.8, 4) is 0 Å². The van der Waals surface area contributed by atoms with Crippen LogP contribution >= 0.6 is 11.8 Å². The summed E-state index contributed by atoms with van der Waals surface area (Å²) in [6, 6.07) is 4.03. The lowest BCUT2D eigenvalue weighted by atomic mass is 10.4. The first-order chi connectivity index (χ1) is 7.70. The number of anilines is 1. The maximum atomic E-state index is 4.49. The van der Waals surface area contributed by atoms with Gasteiger partial charge < -0.3 is 9.88 Å². The number of thioether (sulfide) groups is 1. The zero-order chi connectivity index (χ0) is 11.5. The summed E-state index contributed by atoms with van der Waals surface area (Å²) >= 11 is 1.83. The molecule has 0 aliphatic rings. The number of hydrogen-bond acceptors (Lipinski definition) is 4. The van der Waals surface area contributed by atoms with Crippen LogP contribution in [0, 0.1) is 0 Å². The SMILES string of the molecule is CSCCc1nc2nc(N(C)C)ccc2[nH]1. The highest BCUT2D eigenvalue weighted by Crippen LogP contribution is 2.15. The minimum Gasteiger partial charge on any atom is -0.363 e. The van der Waals surface area contributed by atoms with Crippen molar-refractivity contribution in [1.82, 2.24) is 15.0 Å². The smallest absolute Gasteiger partial charge is 0.179 e. The lowest BCUT2D eigenvalue weighted by Crippen LogP contribution is -2.10. The summed E-state index contributed by atoms with van der Waals surface area (Å²) in [7, 11) is 3.96. The van der Waals surface area contributed by atoms with Gasteiger partial charge in [-0.25, -0.2) is 9.97 Å². The van der Waals surface area contributed by atoms with Crippen molar-refractivity contribution in [2.24, 2.45) is 0 Å². The third-order valence-electron chi connectivity index (χ3n) is 2.38. The van der Waals surface area contributed by atoms with Crippen molar-refractivity contribution in [2.45, 2.75) is 6.42 Å². The number of H-pyrrole nitrogens is 1. The van der Waals surface area contributed by atoms with Crippen LogP contribution in [0.15, 0.2) is 12.1 Å². The van der Waals surface area contributed by atoms with E-state index in [1.807, 2.05) is 42.9 Å². The summed E-state index contributed by atoms with van der Waals surface area (Å²) in [5.41, 5.74) is 1.82. The first kappa shape index (κ1) is 11.3. The zero-order valence-corrected chi connectivity index (χ0v) is 10.6. The zero-order valence-electron chi connectivity index (χ0n) is 9.82. The van der Waals surface area contributed by atoms with Crippen LogP contribution < -0.4 is 4.90 Å². The summed E-state index contributed by atoms with van der Waals surface area (Å²) < 4.78 is 0. The molecule has 2 heterocycles. The molecule has 5 heteroatoms. The molecule has 0 aromatic carbocycles. The minimum atomic E-state index is 0.808. The summed E-state index contributed by atoms with van der Waals surface area (Å²) in [5.74, 6) is 3.04. The third kappa shape index (κ3) is 2.29. The van der Waals surface area contributed by atoms with Gasteiger partial charge in [0, 0.05) is 26.3 Å². The quantitative estimate of drug-likeness (QED) is 0.881. The van der Waals surface area contributed by atoms with E-state index < -0.39 is 0 Å². The molecule has 1 N–H and O–H groups in total. The van der Waals surface area contributed by atoms with Gasteiger partial charge in [-0.3, -0.25) is 0 Å². The number of aromatic nitrogens is 3. The highest BCUT2D eigenvalue weighted by molar-refractivity contribution is 7.98. The fourth-order valence-electron chi connectivity index (χ4n) is 1.50. The fraction of sp³-hybridized carbons (Fsp3) is 0.455. The lowest BCUT2D eigenvalue weighted by molar-refractivity contribution is 1.01. The van der Waals surface area contributed by atoms with Gasteiger partial charge in [-0.2, -0.15) is 11.8 Å². The molecule has 2 aromatic heterocycles. The normalized spacial score (nSPS) is 10.9. The van der Waals surface area contributed by atoms with Crippen LogP contribution in [0.4, 0.5) is 5.82 Å². The maximum absolute atomic E-state index is 4.49. The van der Waals surface area contributed by atoms with Gasteiger partial charge in [0.05, 0.1) is 5.52 Å². The van der Waals surface area contributed by atoms with Crippen LogP contribution in [0.25, 0.3) is 11.2 Å². The molecule has 0 spiro atoms. The maximum Gasteiger partial charge on any atom is 0.179 e. The van der Waals surface area contributed by atoms with E-state index in [9.17, 15) is 0 Å². The average molecular weight is 236 g/mol. The monoisotopic (exact) mass is 236 g/mol. The number of pyridine rings is 1. The van der Waals surface area contributed by atoms with E-state index in [0.29, 0.717) is 0 Å². The Bertz CT molecular complexity index is 478. The molecule has 0 bridgehead atoms. The second-order valence-electron chi connectivity index (χ2n) is 3.86. The molecule has 0 aliphatic heterocycles. The van der Waals surface area contributed by atoms with Crippen LogP contribution in [0.5, 0.6) is 0 Å². The number of nitrogens with zero attached hydrogens (tertiary/aromatic N) is 3. The Morgan fingerprint density at radius 3 is 2.81 bits per heavy atom. The molecule has 0 atom stereocenters. The Hall–Kier alpha value is -1.23. The van der Waals surface area contributed by atoms with Crippen molar-refractivity contribution in [3.63, 3.8) is 0 Å². The van der Waals surface area contributed by atoms with Crippen LogP contribution in [0.1, 0.15) is 5.82 Å². The van der Waals surface area contributed by atoms with E-state index in [4.69, 9.17) is 0 Å². The van der Waals surface area contributed by atoms with Crippen molar-refractivity contribution < 1.29 is 0 Å². The van der Waals surface area contributed by atoms with E-state index in [1.165, 1.54) is 0 Å². The van der Waals surface area contributed by atoms with Crippen LogP contribution in [-0.4, -0.2) is 41.1 Å². The first-order valence-electron chi connectivity index (χ1n) is 5.22. The summed E-state index contributed by atoms with van der Waals surface area (Å²) in [6.45, 7) is 0. The number of rotatable bonds is 4. The second-order valence-corrected chi connectivity index (χ2v) is 4.85. The molecule has 0 fully saturated rings. The van der Waals surface area contributed by atoms with Gasteiger partial charge in [0.25, 0.3) is 0 Å². The van der Waals surface area contributed by atoms with E-state index in [-0.39, 0.29) is 0 Å². The first-order valence-corrected chi connectivity index (χ1v) is 6.62. The molecule has 2 rings (SSSR count). The summed E-state index contributed by atoms with van der Waals surface area (Å²) in [5, 5.41) is 0. The van der Waals surface area contributed by atoms with Gasteiger partial charge in [0.1, 0.15) is 11.6 Å². The summed E-state index contributed by atoms with van der Waals surface area (Å²) in [6.07, 6.45) is 3.07. The highest BCUT2D eigenvalue weighted by Gasteiger charge is 2.05. The van der Waals surface area contributed by atoms with Crippen molar-refractivity contribution >= 4 is 28.7 Å². The van der Waals surface area contributed by atoms with Gasteiger partial charge >= 0.3 is 0 Å². The van der Waals surface area contributed by atoms with E-state index >= 15 is 0 Å². The number of aromatic amines is 1. The predicted molar refractivity (Wildman–Crippen MR) is 70.3 cm³/mol. The van der Waals surface area contributed by atoms with Gasteiger partial charge in [-0.1, -0.05) is 0 Å². The number of fused-ring (bicyclic) bond motifs is 1. The Morgan fingerprint density at radius 2 is 2.12 bits per heavy atom. The van der Waals surface area contributed by atoms with Crippen molar-refractivity contribution in [3.05, 3.63) is 18.0 Å². The number of hydrogen-bond donors (Lipinski definition) is 1. The molecule has 0 radical (unpaired) electrons. The molecule has 16 heavy (non-hydrogen) atoms. The van der Waals surface area contributed by atoms with Crippen molar-refractivity contribution in [2.75, 3.05) is 31.0 Å². The Kier molecular flexibility index (Phi) is 3.33. The van der Waals surface area contributed by atoms with E-state index in [0.717, 1.165) is 35.0 Å². The van der Waals surface area contributed by atoms with Crippen LogP contribution in [-0.2, 0) is 6.42 Å². The fourth-order valence-corrected chi connectivity index (χ4v) is 1.90. The number of aryl methyl sites for hydroxylation is 1. The molecule has 0 saturated heterocycles. The van der Waals surface area contributed by atoms with Crippen LogP contribution in [0.3, 0.4) is 0 Å². The molecule has 86 valence electrons. The Labute approximate surface area is 99.5 Å². The van der Waals surface area contributed by atoms with Gasteiger partial charge in [0.2, 0.25) is 0 Å². The second kappa shape index (κ2) is 4.74. The highest BCUT2D eigenvalue weighted by atomic mass is 32.2. The Balaban J connectivity index is 2.30.